The molecule has 2 N–H and O–H groups in total. The summed E-state index contributed by atoms with van der Waals surface area (Å²) in [6, 6.07) is 5.57. The van der Waals surface area contributed by atoms with Crippen LogP contribution in [0.1, 0.15) is 5.69 Å². The maximum Gasteiger partial charge on any atom is 0.175 e. The highest BCUT2D eigenvalue weighted by atomic mass is 79.9. The number of methoxy groups -OCH3 is 1. The summed E-state index contributed by atoms with van der Waals surface area (Å²) in [5, 5.41) is 4.44. The molecule has 0 spiro atoms. The molecule has 0 saturated carbocycles. The van der Waals surface area contributed by atoms with Crippen molar-refractivity contribution in [1.29, 1.82) is 0 Å². The second-order valence-electron chi connectivity index (χ2n) is 3.14. The summed E-state index contributed by atoms with van der Waals surface area (Å²) >= 11 is 4.55. The number of nitrogens with zero attached hydrogens (tertiary/aromatic N) is 2. The topological polar surface area (TPSA) is 70.3 Å². The minimum atomic E-state index is 0.265. The quantitative estimate of drug-likeness (QED) is 0.938. The number of aromatic nitrogens is 2. The molecule has 0 aliphatic carbocycles. The van der Waals surface area contributed by atoms with Gasteiger partial charge in [-0.05, 0) is 28.1 Å². The lowest BCUT2D eigenvalue weighted by Crippen LogP contribution is -2.01. The van der Waals surface area contributed by atoms with E-state index in [2.05, 4.69) is 25.5 Å². The zero-order valence-corrected chi connectivity index (χ0v) is 11.4. The fourth-order valence-electron chi connectivity index (χ4n) is 1.25. The van der Waals surface area contributed by atoms with Gasteiger partial charge in [-0.2, -0.15) is 0 Å². The fourth-order valence-corrected chi connectivity index (χ4v) is 2.14. The lowest BCUT2D eigenvalue weighted by atomic mass is 10.3. The Hall–Kier alpha value is -1.34. The molecule has 7 heteroatoms. The number of ether oxygens (including phenoxy) is 2. The third-order valence-corrected chi connectivity index (χ3v) is 3.31. The first kappa shape index (κ1) is 12.1. The van der Waals surface area contributed by atoms with Crippen molar-refractivity contribution < 1.29 is 9.47 Å². The van der Waals surface area contributed by atoms with Crippen LogP contribution in [0.4, 0.5) is 5.00 Å². The van der Waals surface area contributed by atoms with Gasteiger partial charge in [0.05, 0.1) is 11.6 Å². The number of nitrogens with two attached hydrogens (primary N) is 1. The molecule has 0 atom stereocenters. The molecule has 5 nitrogen and oxygen atoms in total. The van der Waals surface area contributed by atoms with Gasteiger partial charge in [-0.3, -0.25) is 0 Å². The van der Waals surface area contributed by atoms with Crippen LogP contribution in [0.5, 0.6) is 11.5 Å². The fraction of sp³-hybridized carbons (Fsp3) is 0.200. The van der Waals surface area contributed by atoms with E-state index in [9.17, 15) is 0 Å². The molecule has 1 aromatic carbocycles. The van der Waals surface area contributed by atoms with Crippen LogP contribution in [0, 0.1) is 0 Å². The van der Waals surface area contributed by atoms with Gasteiger partial charge in [-0.25, -0.2) is 0 Å². The first-order valence-corrected chi connectivity index (χ1v) is 6.31. The van der Waals surface area contributed by atoms with Gasteiger partial charge in [-0.15, -0.1) is 5.10 Å². The standard InChI is InChI=1S/C10H10BrN3O2S/c1-15-8-4-2-3-6(11)9(8)16-5-7-10(12)17-14-13-7/h2-4H,5,12H2,1H3. The maximum atomic E-state index is 5.68. The van der Waals surface area contributed by atoms with Crippen molar-refractivity contribution in [1.82, 2.24) is 9.59 Å². The molecule has 0 radical (unpaired) electrons. The van der Waals surface area contributed by atoms with E-state index >= 15 is 0 Å². The highest BCUT2D eigenvalue weighted by molar-refractivity contribution is 9.10. The molecule has 0 saturated heterocycles. The van der Waals surface area contributed by atoms with E-state index in [1.807, 2.05) is 18.2 Å². The second kappa shape index (κ2) is 5.33. The summed E-state index contributed by atoms with van der Waals surface area (Å²) in [6.45, 7) is 0.265. The average molecular weight is 316 g/mol. The minimum Gasteiger partial charge on any atom is -0.493 e. The van der Waals surface area contributed by atoms with Gasteiger partial charge in [0.15, 0.2) is 11.5 Å². The molecule has 0 unspecified atom stereocenters. The van der Waals surface area contributed by atoms with Gasteiger partial charge >= 0.3 is 0 Å². The van der Waals surface area contributed by atoms with Crippen LogP contribution in [-0.4, -0.2) is 16.7 Å². The number of hydrogen-bond donors (Lipinski definition) is 1. The molecular formula is C10H10BrN3O2S. The van der Waals surface area contributed by atoms with Crippen LogP contribution in [0.3, 0.4) is 0 Å². The number of rotatable bonds is 4. The summed E-state index contributed by atoms with van der Waals surface area (Å²) < 4.78 is 15.4. The molecule has 2 rings (SSSR count). The summed E-state index contributed by atoms with van der Waals surface area (Å²) in [5.74, 6) is 1.28. The zero-order valence-electron chi connectivity index (χ0n) is 9.01. The molecule has 0 aliphatic rings. The van der Waals surface area contributed by atoms with Crippen molar-refractivity contribution in [3.05, 3.63) is 28.4 Å². The highest BCUT2D eigenvalue weighted by Crippen LogP contribution is 2.35. The van der Waals surface area contributed by atoms with Crippen molar-refractivity contribution in [2.45, 2.75) is 6.61 Å². The Labute approximate surface area is 111 Å². The molecule has 90 valence electrons. The van der Waals surface area contributed by atoms with Gasteiger partial charge in [0.2, 0.25) is 0 Å². The van der Waals surface area contributed by atoms with Gasteiger partial charge < -0.3 is 15.2 Å². The number of anilines is 1. The number of nitrogen functional groups attached to an aromatic ring is 1. The molecule has 17 heavy (non-hydrogen) atoms. The summed E-state index contributed by atoms with van der Waals surface area (Å²) in [7, 11) is 1.59. The van der Waals surface area contributed by atoms with Crippen molar-refractivity contribution in [2.75, 3.05) is 12.8 Å². The normalized spacial score (nSPS) is 10.2. The maximum absolute atomic E-state index is 5.68. The number of hydrogen-bond acceptors (Lipinski definition) is 6. The Bertz CT molecular complexity index is 518. The Balaban J connectivity index is 2.16. The van der Waals surface area contributed by atoms with Gasteiger partial charge in [0, 0.05) is 11.5 Å². The molecular weight excluding hydrogens is 306 g/mol. The van der Waals surface area contributed by atoms with E-state index in [4.69, 9.17) is 15.2 Å². The van der Waals surface area contributed by atoms with E-state index < -0.39 is 0 Å². The van der Waals surface area contributed by atoms with Crippen molar-refractivity contribution in [2.24, 2.45) is 0 Å². The number of halogens is 1. The lowest BCUT2D eigenvalue weighted by Gasteiger charge is -2.11. The Morgan fingerprint density at radius 2 is 2.29 bits per heavy atom. The predicted molar refractivity (Wildman–Crippen MR) is 69.3 cm³/mol. The van der Waals surface area contributed by atoms with Crippen LogP contribution >= 0.6 is 27.5 Å². The van der Waals surface area contributed by atoms with Gasteiger partial charge in [-0.1, -0.05) is 10.6 Å². The van der Waals surface area contributed by atoms with Crippen molar-refractivity contribution in [3.63, 3.8) is 0 Å². The monoisotopic (exact) mass is 315 g/mol. The molecule has 2 aromatic rings. The van der Waals surface area contributed by atoms with E-state index in [1.54, 1.807) is 7.11 Å². The van der Waals surface area contributed by atoms with Crippen LogP contribution in [0.2, 0.25) is 0 Å². The summed E-state index contributed by atoms with van der Waals surface area (Å²) in [5.41, 5.74) is 6.32. The molecule has 0 bridgehead atoms. The second-order valence-corrected chi connectivity index (χ2v) is 4.78. The summed E-state index contributed by atoms with van der Waals surface area (Å²) in [4.78, 5) is 0. The molecule has 0 amide bonds. The van der Waals surface area contributed by atoms with Crippen molar-refractivity contribution in [3.8, 4) is 11.5 Å². The van der Waals surface area contributed by atoms with E-state index in [0.717, 1.165) is 16.0 Å². The van der Waals surface area contributed by atoms with Crippen LogP contribution in [0.25, 0.3) is 0 Å². The average Bonchev–Trinajstić information content (AvgIpc) is 2.73. The third kappa shape index (κ3) is 2.67. The minimum absolute atomic E-state index is 0.265. The lowest BCUT2D eigenvalue weighted by molar-refractivity contribution is 0.279. The van der Waals surface area contributed by atoms with Gasteiger partial charge in [0.1, 0.15) is 17.3 Å². The van der Waals surface area contributed by atoms with Crippen LogP contribution in [-0.2, 0) is 6.61 Å². The van der Waals surface area contributed by atoms with E-state index in [1.165, 1.54) is 0 Å². The Morgan fingerprint density at radius 1 is 1.47 bits per heavy atom. The summed E-state index contributed by atoms with van der Waals surface area (Å²) in [6.07, 6.45) is 0. The SMILES string of the molecule is COc1cccc(Br)c1OCc1nnsc1N. The van der Waals surface area contributed by atoms with Gasteiger partial charge in [0.25, 0.3) is 0 Å². The molecule has 0 fully saturated rings. The first-order valence-electron chi connectivity index (χ1n) is 4.74. The largest absolute Gasteiger partial charge is 0.493 e. The van der Waals surface area contributed by atoms with E-state index in [-0.39, 0.29) is 6.61 Å². The zero-order chi connectivity index (χ0) is 12.3. The molecule has 1 aromatic heterocycles. The van der Waals surface area contributed by atoms with Crippen LogP contribution < -0.4 is 15.2 Å². The van der Waals surface area contributed by atoms with E-state index in [0.29, 0.717) is 22.2 Å². The highest BCUT2D eigenvalue weighted by Gasteiger charge is 2.11. The molecule has 1 heterocycles. The smallest absolute Gasteiger partial charge is 0.175 e. The van der Waals surface area contributed by atoms with Crippen molar-refractivity contribution >= 4 is 32.5 Å². The number of para-hydroxylation sites is 1. The predicted octanol–water partition coefficient (Wildman–Crippen LogP) is 2.47. The van der Waals surface area contributed by atoms with Crippen LogP contribution in [0.15, 0.2) is 22.7 Å². The third-order valence-electron chi connectivity index (χ3n) is 2.09. The number of benzene rings is 1. The Morgan fingerprint density at radius 3 is 2.94 bits per heavy atom. The first-order chi connectivity index (χ1) is 8.22. The molecule has 0 aliphatic heterocycles. The Kier molecular flexibility index (Phi) is 3.80.